The van der Waals surface area contributed by atoms with E-state index in [0.717, 1.165) is 10.6 Å². The molecule has 33 heavy (non-hydrogen) atoms. The van der Waals surface area contributed by atoms with Gasteiger partial charge in [0.25, 0.3) is 0 Å². The molecule has 1 aromatic heterocycles. The Labute approximate surface area is 195 Å². The Bertz CT molecular complexity index is 1280. The lowest BCUT2D eigenvalue weighted by atomic mass is 9.98. The number of aromatic nitrogens is 1. The third-order valence-electron chi connectivity index (χ3n) is 4.96. The fourth-order valence-corrected chi connectivity index (χ4v) is 4.10. The minimum absolute atomic E-state index is 0.00349. The van der Waals surface area contributed by atoms with Gasteiger partial charge in [-0.3, -0.25) is 4.79 Å². The van der Waals surface area contributed by atoms with Gasteiger partial charge in [-0.2, -0.15) is 0 Å². The van der Waals surface area contributed by atoms with Crippen molar-refractivity contribution in [2.75, 3.05) is 14.2 Å². The van der Waals surface area contributed by atoms with E-state index in [4.69, 9.17) is 14.2 Å². The summed E-state index contributed by atoms with van der Waals surface area (Å²) in [6.45, 7) is -0.00349. The highest BCUT2D eigenvalue weighted by atomic mass is 32.1. The van der Waals surface area contributed by atoms with Crippen LogP contribution in [0.2, 0.25) is 0 Å². The quantitative estimate of drug-likeness (QED) is 0.259. The Kier molecular flexibility index (Phi) is 6.80. The van der Waals surface area contributed by atoms with Gasteiger partial charge in [0.05, 0.1) is 25.5 Å². The molecule has 0 aliphatic heterocycles. The van der Waals surface area contributed by atoms with Crippen molar-refractivity contribution in [3.05, 3.63) is 101 Å². The molecule has 0 aliphatic carbocycles. The van der Waals surface area contributed by atoms with Gasteiger partial charge in [-0.25, -0.2) is 9.78 Å². The predicted octanol–water partition coefficient (Wildman–Crippen LogP) is 5.42. The number of esters is 1. The normalized spacial score (nSPS) is 10.5. The van der Waals surface area contributed by atoms with E-state index in [1.807, 2.05) is 29.6 Å². The van der Waals surface area contributed by atoms with Crippen molar-refractivity contribution in [3.8, 4) is 22.1 Å². The van der Waals surface area contributed by atoms with Gasteiger partial charge in [-0.1, -0.05) is 48.5 Å². The molecule has 0 saturated carbocycles. The molecule has 0 bridgehead atoms. The average molecular weight is 460 g/mol. The molecular weight excluding hydrogens is 438 g/mol. The monoisotopic (exact) mass is 459 g/mol. The summed E-state index contributed by atoms with van der Waals surface area (Å²) >= 11 is 1.44. The molecule has 0 spiro atoms. The summed E-state index contributed by atoms with van der Waals surface area (Å²) < 4.78 is 16.1. The summed E-state index contributed by atoms with van der Waals surface area (Å²) in [6, 6.07) is 21.0. The zero-order valence-corrected chi connectivity index (χ0v) is 18.9. The van der Waals surface area contributed by atoms with E-state index in [1.54, 1.807) is 62.8 Å². The lowest BCUT2D eigenvalue weighted by Crippen LogP contribution is -2.12. The third-order valence-corrected chi connectivity index (χ3v) is 5.90. The molecule has 7 heteroatoms. The molecule has 0 fully saturated rings. The SMILES string of the molecule is COc1ccc(-c2nc(COC(=O)c3ccccc3C(=O)c3ccccc3)cs2)cc1OC. The van der Waals surface area contributed by atoms with E-state index in [2.05, 4.69) is 4.98 Å². The topological polar surface area (TPSA) is 74.7 Å². The van der Waals surface area contributed by atoms with Crippen LogP contribution in [-0.4, -0.2) is 31.0 Å². The molecule has 0 unspecified atom stereocenters. The summed E-state index contributed by atoms with van der Waals surface area (Å²) in [5, 5.41) is 2.60. The van der Waals surface area contributed by atoms with Gasteiger partial charge >= 0.3 is 5.97 Å². The number of thiazole rings is 1. The van der Waals surface area contributed by atoms with Crippen LogP contribution in [-0.2, 0) is 11.3 Å². The second-order valence-electron chi connectivity index (χ2n) is 7.03. The van der Waals surface area contributed by atoms with E-state index in [-0.39, 0.29) is 18.0 Å². The van der Waals surface area contributed by atoms with Crippen LogP contribution in [0.25, 0.3) is 10.6 Å². The number of ketones is 1. The second-order valence-corrected chi connectivity index (χ2v) is 7.89. The Morgan fingerprint density at radius 3 is 2.27 bits per heavy atom. The van der Waals surface area contributed by atoms with E-state index in [9.17, 15) is 9.59 Å². The van der Waals surface area contributed by atoms with Gasteiger partial charge in [-0.05, 0) is 24.3 Å². The number of carbonyl (C=O) groups excluding carboxylic acids is 2. The smallest absolute Gasteiger partial charge is 0.339 e. The molecule has 166 valence electrons. The van der Waals surface area contributed by atoms with Gasteiger partial charge in [0.1, 0.15) is 11.6 Å². The number of hydrogen-bond acceptors (Lipinski definition) is 7. The summed E-state index contributed by atoms with van der Waals surface area (Å²) in [5.41, 5.74) is 2.52. The first-order valence-corrected chi connectivity index (χ1v) is 11.0. The fraction of sp³-hybridized carbons (Fsp3) is 0.115. The van der Waals surface area contributed by atoms with E-state index in [0.29, 0.717) is 28.3 Å². The molecule has 4 aromatic rings. The van der Waals surface area contributed by atoms with Crippen molar-refractivity contribution in [1.29, 1.82) is 0 Å². The number of rotatable bonds is 8. The number of hydrogen-bond donors (Lipinski definition) is 0. The van der Waals surface area contributed by atoms with Crippen molar-refractivity contribution in [2.24, 2.45) is 0 Å². The lowest BCUT2D eigenvalue weighted by Gasteiger charge is -2.09. The van der Waals surface area contributed by atoms with Gasteiger partial charge < -0.3 is 14.2 Å². The van der Waals surface area contributed by atoms with Gasteiger partial charge in [-0.15, -0.1) is 11.3 Å². The summed E-state index contributed by atoms with van der Waals surface area (Å²) in [7, 11) is 3.16. The largest absolute Gasteiger partial charge is 0.493 e. The van der Waals surface area contributed by atoms with Crippen molar-refractivity contribution in [2.45, 2.75) is 6.61 Å². The number of methoxy groups -OCH3 is 2. The highest BCUT2D eigenvalue weighted by Gasteiger charge is 2.19. The average Bonchev–Trinajstić information content (AvgIpc) is 3.36. The van der Waals surface area contributed by atoms with Crippen LogP contribution < -0.4 is 9.47 Å². The Morgan fingerprint density at radius 1 is 0.848 bits per heavy atom. The zero-order valence-electron chi connectivity index (χ0n) is 18.1. The highest BCUT2D eigenvalue weighted by molar-refractivity contribution is 7.13. The summed E-state index contributed by atoms with van der Waals surface area (Å²) in [6.07, 6.45) is 0. The van der Waals surface area contributed by atoms with E-state index < -0.39 is 5.97 Å². The molecular formula is C26H21NO5S. The minimum Gasteiger partial charge on any atom is -0.493 e. The first kappa shape index (κ1) is 22.2. The number of nitrogens with zero attached hydrogens (tertiary/aromatic N) is 1. The predicted molar refractivity (Wildman–Crippen MR) is 126 cm³/mol. The van der Waals surface area contributed by atoms with Crippen molar-refractivity contribution in [1.82, 2.24) is 4.98 Å². The number of carbonyl (C=O) groups is 2. The molecule has 0 saturated heterocycles. The molecule has 0 N–H and O–H groups in total. The minimum atomic E-state index is -0.574. The summed E-state index contributed by atoms with van der Waals surface area (Å²) in [4.78, 5) is 30.2. The van der Waals surface area contributed by atoms with Crippen molar-refractivity contribution >= 4 is 23.1 Å². The van der Waals surface area contributed by atoms with Gasteiger partial charge in [0.2, 0.25) is 0 Å². The Morgan fingerprint density at radius 2 is 1.55 bits per heavy atom. The maximum absolute atomic E-state index is 12.9. The van der Waals surface area contributed by atoms with Crippen LogP contribution in [0, 0.1) is 0 Å². The van der Waals surface area contributed by atoms with Crippen molar-refractivity contribution in [3.63, 3.8) is 0 Å². The van der Waals surface area contributed by atoms with Crippen LogP contribution in [0.1, 0.15) is 32.0 Å². The van der Waals surface area contributed by atoms with E-state index >= 15 is 0 Å². The number of benzene rings is 3. The fourth-order valence-electron chi connectivity index (χ4n) is 3.30. The first-order valence-electron chi connectivity index (χ1n) is 10.1. The van der Waals surface area contributed by atoms with Crippen LogP contribution in [0.3, 0.4) is 0 Å². The standard InChI is InChI=1S/C26H21NO5S/c1-30-22-13-12-18(14-23(22)31-2)25-27-19(16-33-25)15-32-26(29)21-11-7-6-10-20(21)24(28)17-8-4-3-5-9-17/h3-14,16H,15H2,1-2H3. The number of ether oxygens (including phenoxy) is 3. The maximum Gasteiger partial charge on any atom is 0.339 e. The Hall–Kier alpha value is -3.97. The summed E-state index contributed by atoms with van der Waals surface area (Å²) in [5.74, 6) is 0.441. The maximum atomic E-state index is 12.9. The first-order chi connectivity index (χ1) is 16.1. The van der Waals surface area contributed by atoms with Crippen LogP contribution in [0.15, 0.2) is 78.2 Å². The molecule has 1 heterocycles. The van der Waals surface area contributed by atoms with Gasteiger partial charge in [0.15, 0.2) is 17.3 Å². The van der Waals surface area contributed by atoms with E-state index in [1.165, 1.54) is 11.3 Å². The van der Waals surface area contributed by atoms with Crippen molar-refractivity contribution < 1.29 is 23.8 Å². The molecule has 4 rings (SSSR count). The molecule has 0 amide bonds. The van der Waals surface area contributed by atoms with Gasteiger partial charge in [0, 0.05) is 22.1 Å². The molecule has 0 atom stereocenters. The molecule has 0 aliphatic rings. The third kappa shape index (κ3) is 4.94. The van der Waals surface area contributed by atoms with Crippen LogP contribution in [0.5, 0.6) is 11.5 Å². The highest BCUT2D eigenvalue weighted by Crippen LogP contribution is 2.33. The molecule has 3 aromatic carbocycles. The van der Waals surface area contributed by atoms with Crippen LogP contribution >= 0.6 is 11.3 Å². The molecule has 0 radical (unpaired) electrons. The second kappa shape index (κ2) is 10.1. The Balaban J connectivity index is 1.48. The molecule has 6 nitrogen and oxygen atoms in total. The zero-order chi connectivity index (χ0) is 23.2. The lowest BCUT2D eigenvalue weighted by molar-refractivity contribution is 0.0466. The van der Waals surface area contributed by atoms with Crippen LogP contribution in [0.4, 0.5) is 0 Å².